The summed E-state index contributed by atoms with van der Waals surface area (Å²) in [5, 5.41) is 12.4. The van der Waals surface area contributed by atoms with E-state index in [0.29, 0.717) is 43.7 Å². The Labute approximate surface area is 181 Å². The van der Waals surface area contributed by atoms with Gasteiger partial charge in [0.15, 0.2) is 11.5 Å². The van der Waals surface area contributed by atoms with Crippen molar-refractivity contribution in [2.24, 2.45) is 0 Å². The van der Waals surface area contributed by atoms with Gasteiger partial charge in [0.2, 0.25) is 0 Å². The van der Waals surface area contributed by atoms with Crippen LogP contribution in [-0.4, -0.2) is 34.3 Å². The highest BCUT2D eigenvalue weighted by molar-refractivity contribution is 9.10. The Hall–Kier alpha value is -2.89. The molecule has 0 aliphatic carbocycles. The van der Waals surface area contributed by atoms with Crippen molar-refractivity contribution in [1.29, 1.82) is 5.26 Å². The van der Waals surface area contributed by atoms with E-state index >= 15 is 0 Å². The minimum atomic E-state index is -0.624. The van der Waals surface area contributed by atoms with Gasteiger partial charge in [-0.1, -0.05) is 11.6 Å². The number of amides is 1. The van der Waals surface area contributed by atoms with Crippen LogP contribution in [0.25, 0.3) is 6.08 Å². The Morgan fingerprint density at radius 2 is 1.69 bits per heavy atom. The lowest BCUT2D eigenvalue weighted by molar-refractivity contribution is -0.112. The third kappa shape index (κ3) is 5.13. The molecular weight excluding hydrogens is 464 g/mol. The number of methoxy groups -OCH3 is 4. The lowest BCUT2D eigenvalue weighted by atomic mass is 10.1. The van der Waals surface area contributed by atoms with Gasteiger partial charge in [-0.3, -0.25) is 4.79 Å². The van der Waals surface area contributed by atoms with E-state index in [1.807, 2.05) is 6.07 Å². The van der Waals surface area contributed by atoms with Gasteiger partial charge < -0.3 is 24.3 Å². The molecule has 1 N–H and O–H groups in total. The molecule has 0 heterocycles. The third-order valence-corrected chi connectivity index (χ3v) is 4.74. The lowest BCUT2D eigenvalue weighted by Gasteiger charge is -2.13. The van der Waals surface area contributed by atoms with E-state index in [1.54, 1.807) is 12.1 Å². The van der Waals surface area contributed by atoms with Gasteiger partial charge in [0.1, 0.15) is 23.1 Å². The van der Waals surface area contributed by atoms with Gasteiger partial charge >= 0.3 is 0 Å². The minimum absolute atomic E-state index is 0.125. The van der Waals surface area contributed by atoms with Crippen molar-refractivity contribution in [3.05, 3.63) is 44.9 Å². The fourth-order valence-corrected chi connectivity index (χ4v) is 3.34. The van der Waals surface area contributed by atoms with Gasteiger partial charge in [0.05, 0.1) is 43.6 Å². The molecule has 9 heteroatoms. The molecule has 0 spiro atoms. The Bertz CT molecular complexity index is 1000. The second-order valence-corrected chi connectivity index (χ2v) is 6.81. The maximum Gasteiger partial charge on any atom is 0.266 e. The molecule has 0 saturated heterocycles. The predicted molar refractivity (Wildman–Crippen MR) is 114 cm³/mol. The number of rotatable bonds is 7. The molecule has 2 aromatic carbocycles. The molecule has 1 amide bonds. The normalized spacial score (nSPS) is 10.7. The molecular formula is C20H18BrClN2O5. The number of hydrogen-bond acceptors (Lipinski definition) is 6. The molecule has 152 valence electrons. The molecule has 0 saturated carbocycles. The SMILES string of the molecule is COc1cc(NC(=O)/C(C#N)=C/c2cc(Br)c(OC)c(OC)c2)c(OC)cc1Cl. The standard InChI is InChI=1S/C20H18BrClN2O5/c1-26-16-9-15(17(27-2)8-14(16)22)24-20(25)12(10-23)5-11-6-13(21)19(29-4)18(7-11)28-3/h5-9H,1-4H3,(H,24,25)/b12-5+. The van der Waals surface area contributed by atoms with Crippen LogP contribution in [0.1, 0.15) is 5.56 Å². The number of halogens is 2. The van der Waals surface area contributed by atoms with Gasteiger partial charge in [-0.05, 0) is 39.7 Å². The number of nitriles is 1. The number of ether oxygens (including phenoxy) is 4. The number of carbonyl (C=O) groups is 1. The zero-order chi connectivity index (χ0) is 21.6. The molecule has 0 aromatic heterocycles. The number of carbonyl (C=O) groups excluding carboxylic acids is 1. The van der Waals surface area contributed by atoms with Crippen LogP contribution in [0.5, 0.6) is 23.0 Å². The fourth-order valence-electron chi connectivity index (χ4n) is 2.48. The quantitative estimate of drug-likeness (QED) is 0.456. The van der Waals surface area contributed by atoms with Gasteiger partial charge in [0, 0.05) is 12.1 Å². The topological polar surface area (TPSA) is 89.8 Å². The molecule has 0 fully saturated rings. The smallest absolute Gasteiger partial charge is 0.266 e. The highest BCUT2D eigenvalue weighted by atomic mass is 79.9. The molecule has 29 heavy (non-hydrogen) atoms. The summed E-state index contributed by atoms with van der Waals surface area (Å²) in [4.78, 5) is 12.7. The van der Waals surface area contributed by atoms with E-state index in [9.17, 15) is 10.1 Å². The second kappa shape index (κ2) is 10.0. The summed E-state index contributed by atoms with van der Waals surface area (Å²) in [6.45, 7) is 0. The molecule has 7 nitrogen and oxygen atoms in total. The Balaban J connectivity index is 2.40. The van der Waals surface area contributed by atoms with Crippen molar-refractivity contribution in [2.75, 3.05) is 33.8 Å². The lowest BCUT2D eigenvalue weighted by Crippen LogP contribution is -2.14. The first kappa shape index (κ1) is 22.4. The largest absolute Gasteiger partial charge is 0.495 e. The summed E-state index contributed by atoms with van der Waals surface area (Å²) >= 11 is 9.46. The molecule has 0 unspecified atom stereocenters. The number of hydrogen-bond donors (Lipinski definition) is 1. The molecule has 0 atom stereocenters. The first-order valence-corrected chi connectivity index (χ1v) is 9.31. The van der Waals surface area contributed by atoms with Crippen molar-refractivity contribution in [3.8, 4) is 29.1 Å². The summed E-state index contributed by atoms with van der Waals surface area (Å²) in [7, 11) is 5.90. The van der Waals surface area contributed by atoms with E-state index in [0.717, 1.165) is 0 Å². The second-order valence-electron chi connectivity index (χ2n) is 5.55. The average Bonchev–Trinajstić information content (AvgIpc) is 2.72. The van der Waals surface area contributed by atoms with Crippen molar-refractivity contribution in [2.45, 2.75) is 0 Å². The summed E-state index contributed by atoms with van der Waals surface area (Å²) in [6, 6.07) is 8.28. The van der Waals surface area contributed by atoms with Crippen LogP contribution in [-0.2, 0) is 4.79 Å². The Morgan fingerprint density at radius 1 is 1.03 bits per heavy atom. The van der Waals surface area contributed by atoms with Crippen LogP contribution in [0.3, 0.4) is 0 Å². The number of nitrogens with zero attached hydrogens (tertiary/aromatic N) is 1. The fraction of sp³-hybridized carbons (Fsp3) is 0.200. The zero-order valence-corrected chi connectivity index (χ0v) is 18.5. The summed E-state index contributed by atoms with van der Waals surface area (Å²) in [5.74, 6) is 1.02. The molecule has 0 radical (unpaired) electrons. The van der Waals surface area contributed by atoms with Gasteiger partial charge in [0.25, 0.3) is 5.91 Å². The molecule has 0 bridgehead atoms. The molecule has 0 aliphatic heterocycles. The maximum atomic E-state index is 12.7. The Kier molecular flexibility index (Phi) is 7.76. The first-order chi connectivity index (χ1) is 13.9. The van der Waals surface area contributed by atoms with Gasteiger partial charge in [-0.2, -0.15) is 5.26 Å². The average molecular weight is 482 g/mol. The molecule has 0 aliphatic rings. The number of anilines is 1. The van der Waals surface area contributed by atoms with E-state index in [-0.39, 0.29) is 5.57 Å². The van der Waals surface area contributed by atoms with Crippen LogP contribution < -0.4 is 24.3 Å². The van der Waals surface area contributed by atoms with Crippen molar-refractivity contribution >= 4 is 45.2 Å². The van der Waals surface area contributed by atoms with Crippen LogP contribution in [0.15, 0.2) is 34.3 Å². The highest BCUT2D eigenvalue weighted by Crippen LogP contribution is 2.38. The first-order valence-electron chi connectivity index (χ1n) is 8.14. The van der Waals surface area contributed by atoms with E-state index in [1.165, 1.54) is 46.6 Å². The third-order valence-electron chi connectivity index (χ3n) is 3.85. The van der Waals surface area contributed by atoms with Crippen molar-refractivity contribution in [3.63, 3.8) is 0 Å². The predicted octanol–water partition coefficient (Wildman–Crippen LogP) is 4.68. The van der Waals surface area contributed by atoms with Crippen LogP contribution >= 0.6 is 27.5 Å². The maximum absolute atomic E-state index is 12.7. The van der Waals surface area contributed by atoms with Gasteiger partial charge in [-0.15, -0.1) is 0 Å². The number of benzene rings is 2. The summed E-state index contributed by atoms with van der Waals surface area (Å²) < 4.78 is 21.6. The minimum Gasteiger partial charge on any atom is -0.495 e. The molecule has 2 aromatic rings. The van der Waals surface area contributed by atoms with Crippen molar-refractivity contribution in [1.82, 2.24) is 0 Å². The van der Waals surface area contributed by atoms with Crippen LogP contribution in [0.2, 0.25) is 5.02 Å². The highest BCUT2D eigenvalue weighted by Gasteiger charge is 2.16. The van der Waals surface area contributed by atoms with E-state index in [2.05, 4.69) is 21.2 Å². The van der Waals surface area contributed by atoms with Gasteiger partial charge in [-0.25, -0.2) is 0 Å². The molecule has 2 rings (SSSR count). The number of nitrogens with one attached hydrogen (secondary N) is 1. The van der Waals surface area contributed by atoms with Crippen LogP contribution in [0, 0.1) is 11.3 Å². The van der Waals surface area contributed by atoms with E-state index in [4.69, 9.17) is 30.5 Å². The van der Waals surface area contributed by atoms with Crippen LogP contribution in [0.4, 0.5) is 5.69 Å². The monoisotopic (exact) mass is 480 g/mol. The summed E-state index contributed by atoms with van der Waals surface area (Å²) in [6.07, 6.45) is 1.43. The summed E-state index contributed by atoms with van der Waals surface area (Å²) in [5.41, 5.74) is 0.760. The Morgan fingerprint density at radius 3 is 2.24 bits per heavy atom. The zero-order valence-electron chi connectivity index (χ0n) is 16.1. The van der Waals surface area contributed by atoms with E-state index < -0.39 is 5.91 Å². The van der Waals surface area contributed by atoms with Crippen molar-refractivity contribution < 1.29 is 23.7 Å².